The molecule has 32 heavy (non-hydrogen) atoms. The number of amides is 1. The number of aryl methyl sites for hydroxylation is 3. The van der Waals surface area contributed by atoms with Crippen LogP contribution >= 0.6 is 0 Å². The molecule has 6 heteroatoms. The van der Waals surface area contributed by atoms with Crippen molar-refractivity contribution in [1.82, 2.24) is 19.2 Å². The number of pyridine rings is 1. The van der Waals surface area contributed by atoms with Gasteiger partial charge in [0.05, 0.1) is 11.4 Å². The third kappa shape index (κ3) is 3.46. The first-order chi connectivity index (χ1) is 15.5. The number of carbonyl (C=O) groups excluding carboxylic acids is 1. The van der Waals surface area contributed by atoms with Crippen LogP contribution in [0.1, 0.15) is 27.3 Å². The molecule has 0 aliphatic rings. The maximum Gasteiger partial charge on any atom is 0.256 e. The molecular formula is C26H23N5O. The first-order valence-corrected chi connectivity index (χ1v) is 10.5. The smallest absolute Gasteiger partial charge is 0.256 e. The fourth-order valence-corrected chi connectivity index (χ4v) is 3.94. The van der Waals surface area contributed by atoms with Crippen LogP contribution in [0.3, 0.4) is 0 Å². The first kappa shape index (κ1) is 19.8. The fraction of sp³-hybridized carbons (Fsp3) is 0.115. The largest absolute Gasteiger partial charge is 0.306 e. The summed E-state index contributed by atoms with van der Waals surface area (Å²) < 4.78 is 3.80. The number of hydrogen-bond acceptors (Lipinski definition) is 3. The predicted molar refractivity (Wildman–Crippen MR) is 126 cm³/mol. The van der Waals surface area contributed by atoms with Crippen molar-refractivity contribution >= 4 is 17.4 Å². The van der Waals surface area contributed by atoms with E-state index in [4.69, 9.17) is 4.98 Å². The Kier molecular flexibility index (Phi) is 4.82. The van der Waals surface area contributed by atoms with Gasteiger partial charge in [0.15, 0.2) is 0 Å². The summed E-state index contributed by atoms with van der Waals surface area (Å²) in [4.78, 5) is 18.0. The van der Waals surface area contributed by atoms with Crippen molar-refractivity contribution in [2.24, 2.45) is 0 Å². The molecule has 1 amide bonds. The molecule has 5 rings (SSSR count). The van der Waals surface area contributed by atoms with Crippen molar-refractivity contribution < 1.29 is 4.79 Å². The molecule has 0 spiro atoms. The minimum absolute atomic E-state index is 0.189. The Balaban J connectivity index is 1.51. The van der Waals surface area contributed by atoms with Gasteiger partial charge in [0.2, 0.25) is 0 Å². The Bertz CT molecular complexity index is 1430. The van der Waals surface area contributed by atoms with Crippen LogP contribution in [0, 0.1) is 20.8 Å². The highest BCUT2D eigenvalue weighted by Crippen LogP contribution is 2.30. The van der Waals surface area contributed by atoms with Crippen LogP contribution < -0.4 is 5.32 Å². The van der Waals surface area contributed by atoms with Gasteiger partial charge in [-0.1, -0.05) is 36.4 Å². The summed E-state index contributed by atoms with van der Waals surface area (Å²) in [5, 5.41) is 7.60. The molecular weight excluding hydrogens is 398 g/mol. The second-order valence-corrected chi connectivity index (χ2v) is 7.90. The van der Waals surface area contributed by atoms with Gasteiger partial charge in [0.1, 0.15) is 17.2 Å². The number of fused-ring (bicyclic) bond motifs is 1. The van der Waals surface area contributed by atoms with E-state index in [1.165, 1.54) is 0 Å². The molecule has 0 unspecified atom stereocenters. The molecule has 5 aromatic rings. The zero-order chi connectivity index (χ0) is 22.2. The molecule has 3 aromatic heterocycles. The molecule has 0 atom stereocenters. The number of aromatic nitrogens is 4. The molecule has 6 nitrogen and oxygen atoms in total. The van der Waals surface area contributed by atoms with E-state index in [1.54, 1.807) is 0 Å². The van der Waals surface area contributed by atoms with Crippen LogP contribution in [0.15, 0.2) is 79.0 Å². The average Bonchev–Trinajstić information content (AvgIpc) is 3.34. The maximum atomic E-state index is 13.2. The monoisotopic (exact) mass is 421 g/mol. The third-order valence-corrected chi connectivity index (χ3v) is 5.51. The van der Waals surface area contributed by atoms with E-state index in [2.05, 4.69) is 10.4 Å². The highest BCUT2D eigenvalue weighted by atomic mass is 16.1. The lowest BCUT2D eigenvalue weighted by Gasteiger charge is -2.09. The highest BCUT2D eigenvalue weighted by molar-refractivity contribution is 6.06. The predicted octanol–water partition coefficient (Wildman–Crippen LogP) is 5.36. The van der Waals surface area contributed by atoms with E-state index < -0.39 is 0 Å². The number of anilines is 1. The van der Waals surface area contributed by atoms with Gasteiger partial charge in [-0.2, -0.15) is 5.10 Å². The van der Waals surface area contributed by atoms with E-state index in [9.17, 15) is 4.79 Å². The second-order valence-electron chi connectivity index (χ2n) is 7.90. The number of nitrogens with zero attached hydrogens (tertiary/aromatic N) is 4. The lowest BCUT2D eigenvalue weighted by Crippen LogP contribution is -2.14. The Morgan fingerprint density at radius 2 is 1.66 bits per heavy atom. The van der Waals surface area contributed by atoms with Crippen molar-refractivity contribution in [2.75, 3.05) is 5.32 Å². The van der Waals surface area contributed by atoms with Gasteiger partial charge in [0.25, 0.3) is 5.91 Å². The van der Waals surface area contributed by atoms with Crippen LogP contribution in [0.5, 0.6) is 0 Å². The van der Waals surface area contributed by atoms with E-state index in [1.807, 2.05) is 109 Å². The number of rotatable bonds is 4. The number of imidazole rings is 1. The SMILES string of the molecule is Cc1cc(C)n(-c2ccc(C(=O)Nc3c(-c4ccccc4)nc4c(C)cccn34)cc2)n1. The third-order valence-electron chi connectivity index (χ3n) is 5.51. The number of carbonyl (C=O) groups is 1. The minimum Gasteiger partial charge on any atom is -0.306 e. The Hall–Kier alpha value is -4.19. The maximum absolute atomic E-state index is 13.2. The van der Waals surface area contributed by atoms with Gasteiger partial charge < -0.3 is 5.32 Å². The lowest BCUT2D eigenvalue weighted by molar-refractivity contribution is 0.102. The standard InChI is InChI=1S/C26H23N5O/c1-17-8-7-15-30-24(17)27-23(20-9-5-4-6-10-20)25(30)28-26(32)21-11-13-22(14-12-21)31-19(3)16-18(2)29-31/h4-16H,1-3H3,(H,28,32). The average molecular weight is 422 g/mol. The van der Waals surface area contributed by atoms with Crippen molar-refractivity contribution in [2.45, 2.75) is 20.8 Å². The van der Waals surface area contributed by atoms with Gasteiger partial charge in [-0.05, 0) is 62.7 Å². The molecule has 0 bridgehead atoms. The summed E-state index contributed by atoms with van der Waals surface area (Å²) in [5.74, 6) is 0.466. The van der Waals surface area contributed by atoms with Gasteiger partial charge in [-0.3, -0.25) is 9.20 Å². The van der Waals surface area contributed by atoms with Gasteiger partial charge in [-0.15, -0.1) is 0 Å². The summed E-state index contributed by atoms with van der Waals surface area (Å²) in [6, 6.07) is 23.3. The summed E-state index contributed by atoms with van der Waals surface area (Å²) in [5.41, 5.74) is 7.05. The fourth-order valence-electron chi connectivity index (χ4n) is 3.94. The molecule has 1 N–H and O–H groups in total. The van der Waals surface area contributed by atoms with Crippen LogP contribution in [0.4, 0.5) is 5.82 Å². The number of benzene rings is 2. The van der Waals surface area contributed by atoms with E-state index in [-0.39, 0.29) is 5.91 Å². The number of hydrogen-bond donors (Lipinski definition) is 1. The zero-order valence-corrected chi connectivity index (χ0v) is 18.2. The molecule has 0 fully saturated rings. The molecule has 3 heterocycles. The molecule has 0 radical (unpaired) electrons. The molecule has 2 aromatic carbocycles. The topological polar surface area (TPSA) is 64.2 Å². The lowest BCUT2D eigenvalue weighted by atomic mass is 10.1. The molecule has 0 saturated heterocycles. The van der Waals surface area contributed by atoms with Crippen molar-refractivity contribution in [1.29, 1.82) is 0 Å². The van der Waals surface area contributed by atoms with Crippen LogP contribution in [0.25, 0.3) is 22.6 Å². The second kappa shape index (κ2) is 7.81. The first-order valence-electron chi connectivity index (χ1n) is 10.5. The Labute approximate surface area is 186 Å². The van der Waals surface area contributed by atoms with Crippen molar-refractivity contribution in [3.05, 3.63) is 102 Å². The van der Waals surface area contributed by atoms with Crippen molar-refractivity contribution in [3.63, 3.8) is 0 Å². The van der Waals surface area contributed by atoms with Gasteiger partial charge in [-0.25, -0.2) is 9.67 Å². The normalized spacial score (nSPS) is 11.1. The van der Waals surface area contributed by atoms with E-state index >= 15 is 0 Å². The van der Waals surface area contributed by atoms with Crippen molar-refractivity contribution in [3.8, 4) is 16.9 Å². The Morgan fingerprint density at radius 3 is 2.34 bits per heavy atom. The molecule has 158 valence electrons. The highest BCUT2D eigenvalue weighted by Gasteiger charge is 2.18. The Morgan fingerprint density at radius 1 is 0.906 bits per heavy atom. The summed E-state index contributed by atoms with van der Waals surface area (Å²) in [7, 11) is 0. The van der Waals surface area contributed by atoms with Crippen LogP contribution in [0.2, 0.25) is 0 Å². The number of nitrogens with one attached hydrogen (secondary N) is 1. The summed E-state index contributed by atoms with van der Waals surface area (Å²) >= 11 is 0. The van der Waals surface area contributed by atoms with E-state index in [0.717, 1.165) is 39.5 Å². The van der Waals surface area contributed by atoms with E-state index in [0.29, 0.717) is 11.4 Å². The van der Waals surface area contributed by atoms with Crippen LogP contribution in [-0.4, -0.2) is 25.1 Å². The molecule has 0 aliphatic carbocycles. The summed E-state index contributed by atoms with van der Waals surface area (Å²) in [6.07, 6.45) is 1.92. The quantitative estimate of drug-likeness (QED) is 0.425. The molecule has 0 saturated carbocycles. The molecule has 0 aliphatic heterocycles. The van der Waals surface area contributed by atoms with Gasteiger partial charge in [0, 0.05) is 23.0 Å². The minimum atomic E-state index is -0.189. The zero-order valence-electron chi connectivity index (χ0n) is 18.2. The van der Waals surface area contributed by atoms with Crippen LogP contribution in [-0.2, 0) is 0 Å². The van der Waals surface area contributed by atoms with Gasteiger partial charge >= 0.3 is 0 Å². The summed E-state index contributed by atoms with van der Waals surface area (Å²) in [6.45, 7) is 5.99.